The van der Waals surface area contributed by atoms with E-state index in [0.29, 0.717) is 16.5 Å². The van der Waals surface area contributed by atoms with Crippen LogP contribution in [0.1, 0.15) is 29.3 Å². The van der Waals surface area contributed by atoms with Crippen LogP contribution in [0.3, 0.4) is 0 Å². The third-order valence-corrected chi connectivity index (χ3v) is 4.55. The average molecular weight is 354 g/mol. The van der Waals surface area contributed by atoms with Crippen molar-refractivity contribution in [1.82, 2.24) is 24.5 Å². The molecule has 7 heteroatoms. The zero-order valence-electron chi connectivity index (χ0n) is 13.8. The summed E-state index contributed by atoms with van der Waals surface area (Å²) in [6.07, 6.45) is 1.88. The van der Waals surface area contributed by atoms with Gasteiger partial charge in [0, 0.05) is 29.2 Å². The number of carbonyl (C=O) groups excluding carboxylic acids is 1. The third kappa shape index (κ3) is 2.64. The van der Waals surface area contributed by atoms with E-state index in [0.717, 1.165) is 16.6 Å². The van der Waals surface area contributed by atoms with Gasteiger partial charge in [-0.1, -0.05) is 17.7 Å². The summed E-state index contributed by atoms with van der Waals surface area (Å²) in [6.45, 7) is 1.89. The fourth-order valence-electron chi connectivity index (χ4n) is 3.03. The molecule has 0 saturated carbocycles. The number of amides is 1. The van der Waals surface area contributed by atoms with Gasteiger partial charge < -0.3 is 9.88 Å². The second kappa shape index (κ2) is 5.89. The molecule has 1 aromatic carbocycles. The molecule has 4 rings (SSSR count). The van der Waals surface area contributed by atoms with E-state index < -0.39 is 0 Å². The number of benzene rings is 1. The fraction of sp³-hybridized carbons (Fsp3) is 0.167. The van der Waals surface area contributed by atoms with Gasteiger partial charge in [0.1, 0.15) is 5.69 Å². The summed E-state index contributed by atoms with van der Waals surface area (Å²) < 4.78 is 3.72. The number of rotatable bonds is 3. The lowest BCUT2D eigenvalue weighted by Gasteiger charge is -2.13. The van der Waals surface area contributed by atoms with Crippen molar-refractivity contribution < 1.29 is 4.79 Å². The Morgan fingerprint density at radius 1 is 1.20 bits per heavy atom. The molecule has 0 aliphatic heterocycles. The lowest BCUT2D eigenvalue weighted by atomic mass is 10.2. The molecule has 0 radical (unpaired) electrons. The van der Waals surface area contributed by atoms with E-state index in [-0.39, 0.29) is 11.9 Å². The Kier molecular flexibility index (Phi) is 3.69. The van der Waals surface area contributed by atoms with E-state index in [4.69, 9.17) is 11.6 Å². The molecule has 0 spiro atoms. The number of aryl methyl sites for hydroxylation is 1. The van der Waals surface area contributed by atoms with Crippen LogP contribution in [0.2, 0.25) is 5.02 Å². The summed E-state index contributed by atoms with van der Waals surface area (Å²) in [6, 6.07) is 12.8. The van der Waals surface area contributed by atoms with Crippen LogP contribution in [0.5, 0.6) is 0 Å². The number of halogens is 1. The van der Waals surface area contributed by atoms with Crippen LogP contribution >= 0.6 is 11.6 Å². The van der Waals surface area contributed by atoms with Gasteiger partial charge in [-0.15, -0.1) is 10.2 Å². The molecule has 3 heterocycles. The van der Waals surface area contributed by atoms with Crippen molar-refractivity contribution >= 4 is 34.1 Å². The second-order valence-corrected chi connectivity index (χ2v) is 6.41. The molecule has 0 aliphatic carbocycles. The molecule has 6 nitrogen and oxygen atoms in total. The number of nitrogens with one attached hydrogen (secondary N) is 1. The molecule has 126 valence electrons. The predicted molar refractivity (Wildman–Crippen MR) is 96.8 cm³/mol. The molecule has 25 heavy (non-hydrogen) atoms. The van der Waals surface area contributed by atoms with Crippen molar-refractivity contribution in [3.63, 3.8) is 0 Å². The maximum absolute atomic E-state index is 12.7. The molecule has 1 atom stereocenters. The van der Waals surface area contributed by atoms with E-state index in [1.807, 2.05) is 71.6 Å². The minimum Gasteiger partial charge on any atom is -0.341 e. The highest BCUT2D eigenvalue weighted by Crippen LogP contribution is 2.23. The summed E-state index contributed by atoms with van der Waals surface area (Å²) in [7, 11) is 1.86. The first-order valence-corrected chi connectivity index (χ1v) is 8.28. The highest BCUT2D eigenvalue weighted by atomic mass is 35.5. The zero-order chi connectivity index (χ0) is 17.6. The van der Waals surface area contributed by atoms with E-state index in [9.17, 15) is 4.79 Å². The van der Waals surface area contributed by atoms with E-state index >= 15 is 0 Å². The lowest BCUT2D eigenvalue weighted by molar-refractivity contribution is 0.0930. The minimum atomic E-state index is -0.286. The van der Waals surface area contributed by atoms with Crippen molar-refractivity contribution in [2.75, 3.05) is 0 Å². The third-order valence-electron chi connectivity index (χ3n) is 4.31. The maximum Gasteiger partial charge on any atom is 0.268 e. The van der Waals surface area contributed by atoms with Gasteiger partial charge >= 0.3 is 0 Å². The Hall–Kier alpha value is -2.86. The topological polar surface area (TPSA) is 64.2 Å². The van der Waals surface area contributed by atoms with Gasteiger partial charge in [-0.25, -0.2) is 0 Å². The zero-order valence-corrected chi connectivity index (χ0v) is 14.5. The number of hydrogen-bond donors (Lipinski definition) is 1. The first-order valence-electron chi connectivity index (χ1n) is 7.90. The van der Waals surface area contributed by atoms with Crippen molar-refractivity contribution in [2.24, 2.45) is 7.05 Å². The first-order chi connectivity index (χ1) is 12.0. The second-order valence-electron chi connectivity index (χ2n) is 5.97. The highest BCUT2D eigenvalue weighted by molar-refractivity contribution is 6.31. The molecule has 1 N–H and O–H groups in total. The van der Waals surface area contributed by atoms with Gasteiger partial charge in [-0.3, -0.25) is 9.20 Å². The number of hydrogen-bond acceptors (Lipinski definition) is 3. The standard InChI is InChI=1S/C18H16ClN5O/c1-11(17-22-21-16-5-3-4-8-24(16)17)20-18(25)15-10-12-9-13(19)6-7-14(12)23(15)2/h3-11H,1-2H3,(H,20,25). The summed E-state index contributed by atoms with van der Waals surface area (Å²) >= 11 is 6.04. The molecule has 1 amide bonds. The predicted octanol–water partition coefficient (Wildman–Crippen LogP) is 3.37. The van der Waals surface area contributed by atoms with Crippen LogP contribution in [0.25, 0.3) is 16.6 Å². The number of aromatic nitrogens is 4. The Morgan fingerprint density at radius 3 is 2.88 bits per heavy atom. The normalized spacial score (nSPS) is 12.6. The SMILES string of the molecule is CC(NC(=O)c1cc2cc(Cl)ccc2n1C)c1nnc2ccccn12. The van der Waals surface area contributed by atoms with Gasteiger partial charge in [-0.05, 0) is 43.3 Å². The van der Waals surface area contributed by atoms with Crippen molar-refractivity contribution in [2.45, 2.75) is 13.0 Å². The van der Waals surface area contributed by atoms with Crippen molar-refractivity contribution in [1.29, 1.82) is 0 Å². The van der Waals surface area contributed by atoms with Crippen LogP contribution in [0.4, 0.5) is 0 Å². The summed E-state index contributed by atoms with van der Waals surface area (Å²) in [5, 5.41) is 12.9. The Balaban J connectivity index is 1.64. The van der Waals surface area contributed by atoms with Crippen LogP contribution < -0.4 is 5.32 Å². The average Bonchev–Trinajstić information content (AvgIpc) is 3.16. The van der Waals surface area contributed by atoms with Crippen LogP contribution in [0, 0.1) is 0 Å². The molecule has 0 bridgehead atoms. The van der Waals surface area contributed by atoms with Crippen LogP contribution in [-0.4, -0.2) is 25.1 Å². The number of carbonyl (C=O) groups is 1. The molecular weight excluding hydrogens is 338 g/mol. The molecule has 1 unspecified atom stereocenters. The van der Waals surface area contributed by atoms with Gasteiger partial charge in [-0.2, -0.15) is 0 Å². The fourth-order valence-corrected chi connectivity index (χ4v) is 3.21. The van der Waals surface area contributed by atoms with Crippen molar-refractivity contribution in [3.8, 4) is 0 Å². The summed E-state index contributed by atoms with van der Waals surface area (Å²) in [5.74, 6) is 0.515. The molecular formula is C18H16ClN5O. The Bertz CT molecular complexity index is 1100. The summed E-state index contributed by atoms with van der Waals surface area (Å²) in [4.78, 5) is 12.7. The van der Waals surface area contributed by atoms with Gasteiger partial charge in [0.15, 0.2) is 11.5 Å². The van der Waals surface area contributed by atoms with E-state index in [2.05, 4.69) is 15.5 Å². The monoisotopic (exact) mass is 353 g/mol. The van der Waals surface area contributed by atoms with Crippen molar-refractivity contribution in [3.05, 3.63) is 65.2 Å². The van der Waals surface area contributed by atoms with E-state index in [1.165, 1.54) is 0 Å². The smallest absolute Gasteiger partial charge is 0.268 e. The highest BCUT2D eigenvalue weighted by Gasteiger charge is 2.19. The minimum absolute atomic E-state index is 0.171. The molecule has 4 aromatic rings. The molecule has 0 saturated heterocycles. The first kappa shape index (κ1) is 15.7. The number of fused-ring (bicyclic) bond motifs is 2. The number of pyridine rings is 1. The Labute approximate surface area is 149 Å². The van der Waals surface area contributed by atoms with Crippen LogP contribution in [-0.2, 0) is 7.05 Å². The Morgan fingerprint density at radius 2 is 2.04 bits per heavy atom. The maximum atomic E-state index is 12.7. The van der Waals surface area contributed by atoms with Crippen LogP contribution in [0.15, 0.2) is 48.7 Å². The molecule has 3 aromatic heterocycles. The van der Waals surface area contributed by atoms with Gasteiger partial charge in [0.05, 0.1) is 6.04 Å². The summed E-state index contributed by atoms with van der Waals surface area (Å²) in [5.41, 5.74) is 2.27. The molecule has 0 aliphatic rings. The van der Waals surface area contributed by atoms with Gasteiger partial charge in [0.25, 0.3) is 5.91 Å². The lowest BCUT2D eigenvalue weighted by Crippen LogP contribution is -2.29. The number of nitrogens with zero attached hydrogens (tertiary/aromatic N) is 4. The van der Waals surface area contributed by atoms with Gasteiger partial charge in [0.2, 0.25) is 0 Å². The largest absolute Gasteiger partial charge is 0.341 e. The van der Waals surface area contributed by atoms with E-state index in [1.54, 1.807) is 0 Å². The quantitative estimate of drug-likeness (QED) is 0.614. The molecule has 0 fully saturated rings.